The lowest BCUT2D eigenvalue weighted by Gasteiger charge is -2.14. The fourth-order valence-corrected chi connectivity index (χ4v) is 2.51. The highest BCUT2D eigenvalue weighted by atomic mass is 16.4. The van der Waals surface area contributed by atoms with Crippen LogP contribution in [0.4, 0.5) is 0 Å². The molecule has 0 aromatic rings. The van der Waals surface area contributed by atoms with E-state index >= 15 is 0 Å². The number of hydrogen-bond donors (Lipinski definition) is 6. The van der Waals surface area contributed by atoms with Crippen molar-refractivity contribution in [2.75, 3.05) is 0 Å². The van der Waals surface area contributed by atoms with Crippen molar-refractivity contribution in [1.82, 2.24) is 10.6 Å². The summed E-state index contributed by atoms with van der Waals surface area (Å²) in [5.41, 5.74) is 0. The van der Waals surface area contributed by atoms with E-state index in [1.807, 2.05) is 0 Å². The minimum atomic E-state index is -1.31. The summed E-state index contributed by atoms with van der Waals surface area (Å²) < 4.78 is 0. The number of aliphatic carboxylic acids is 4. The SMILES string of the molecule is O=C(O)CC[C@@H](NC(=O)CCCCCCC(=O)N[C@H](CCC(=O)O)C(=O)O)C(=O)O. The van der Waals surface area contributed by atoms with E-state index in [0.29, 0.717) is 25.7 Å². The van der Waals surface area contributed by atoms with Gasteiger partial charge in [0.1, 0.15) is 12.1 Å². The average molecular weight is 432 g/mol. The predicted octanol–water partition coefficient (Wildman–Crippen LogP) is 0.195. The molecule has 0 saturated carbocycles. The number of hydrogen-bond acceptors (Lipinski definition) is 6. The third kappa shape index (κ3) is 13.9. The van der Waals surface area contributed by atoms with Crippen molar-refractivity contribution < 1.29 is 49.2 Å². The van der Waals surface area contributed by atoms with E-state index < -0.39 is 47.8 Å². The second-order valence-electron chi connectivity index (χ2n) is 6.70. The minimum Gasteiger partial charge on any atom is -0.481 e. The molecule has 0 radical (unpaired) electrons. The van der Waals surface area contributed by atoms with Gasteiger partial charge in [0, 0.05) is 25.7 Å². The first-order valence-corrected chi connectivity index (χ1v) is 9.50. The maximum Gasteiger partial charge on any atom is 0.326 e. The lowest BCUT2D eigenvalue weighted by Crippen LogP contribution is -2.41. The maximum atomic E-state index is 11.8. The van der Waals surface area contributed by atoms with E-state index in [4.69, 9.17) is 20.4 Å². The van der Waals surface area contributed by atoms with Crippen LogP contribution in [0.5, 0.6) is 0 Å². The molecule has 12 heteroatoms. The zero-order valence-corrected chi connectivity index (χ0v) is 16.5. The van der Waals surface area contributed by atoms with Crippen LogP contribution in [0.15, 0.2) is 0 Å². The molecule has 12 nitrogen and oxygen atoms in total. The molecule has 0 aliphatic rings. The number of carboxylic acids is 4. The summed E-state index contributed by atoms with van der Waals surface area (Å²) >= 11 is 0. The Morgan fingerprint density at radius 2 is 0.867 bits per heavy atom. The molecule has 0 aliphatic heterocycles. The van der Waals surface area contributed by atoms with Crippen molar-refractivity contribution in [3.05, 3.63) is 0 Å². The Balaban J connectivity index is 4.03. The zero-order chi connectivity index (χ0) is 23.1. The summed E-state index contributed by atoms with van der Waals surface area (Å²) in [5, 5.41) is 39.6. The van der Waals surface area contributed by atoms with E-state index in [1.54, 1.807) is 0 Å². The molecule has 0 aliphatic carbocycles. The van der Waals surface area contributed by atoms with Crippen molar-refractivity contribution >= 4 is 35.7 Å². The van der Waals surface area contributed by atoms with E-state index in [9.17, 15) is 28.8 Å². The second kappa shape index (κ2) is 14.8. The van der Waals surface area contributed by atoms with Gasteiger partial charge in [0.2, 0.25) is 11.8 Å². The fraction of sp³-hybridized carbons (Fsp3) is 0.667. The first kappa shape index (κ1) is 26.8. The van der Waals surface area contributed by atoms with Crippen LogP contribution in [0.2, 0.25) is 0 Å². The Kier molecular flexibility index (Phi) is 13.2. The molecule has 0 aromatic carbocycles. The monoisotopic (exact) mass is 432 g/mol. The number of rotatable bonds is 17. The number of amides is 2. The van der Waals surface area contributed by atoms with Crippen molar-refractivity contribution in [3.8, 4) is 0 Å². The van der Waals surface area contributed by atoms with Crippen LogP contribution in [-0.4, -0.2) is 68.2 Å². The van der Waals surface area contributed by atoms with Gasteiger partial charge in [-0.1, -0.05) is 12.8 Å². The molecule has 30 heavy (non-hydrogen) atoms. The van der Waals surface area contributed by atoms with Gasteiger partial charge in [0.05, 0.1) is 0 Å². The van der Waals surface area contributed by atoms with Crippen LogP contribution < -0.4 is 10.6 Å². The fourth-order valence-electron chi connectivity index (χ4n) is 2.51. The van der Waals surface area contributed by atoms with E-state index in [2.05, 4.69) is 10.6 Å². The number of carbonyl (C=O) groups is 6. The molecule has 0 saturated heterocycles. The molecule has 0 aromatic heterocycles. The maximum absolute atomic E-state index is 11.8. The van der Waals surface area contributed by atoms with E-state index in [0.717, 1.165) is 0 Å². The number of unbranched alkanes of at least 4 members (excludes halogenated alkanes) is 3. The summed E-state index contributed by atoms with van der Waals surface area (Å²) in [6.45, 7) is 0. The number of carboxylic acid groups (broad SMARTS) is 4. The van der Waals surface area contributed by atoms with Gasteiger partial charge >= 0.3 is 23.9 Å². The largest absolute Gasteiger partial charge is 0.481 e. The van der Waals surface area contributed by atoms with Gasteiger partial charge in [-0.25, -0.2) is 9.59 Å². The number of carbonyl (C=O) groups excluding carboxylic acids is 2. The van der Waals surface area contributed by atoms with Crippen molar-refractivity contribution in [3.63, 3.8) is 0 Å². The van der Waals surface area contributed by atoms with Gasteiger partial charge in [0.15, 0.2) is 0 Å². The third-order valence-electron chi connectivity index (χ3n) is 4.12. The lowest BCUT2D eigenvalue weighted by molar-refractivity contribution is -0.144. The quantitative estimate of drug-likeness (QED) is 0.172. The minimum absolute atomic E-state index is 0.0549. The van der Waals surface area contributed by atoms with Crippen LogP contribution in [0.25, 0.3) is 0 Å². The summed E-state index contributed by atoms with van der Waals surface area (Å²) in [6, 6.07) is -2.53. The van der Waals surface area contributed by atoms with Crippen molar-refractivity contribution in [1.29, 1.82) is 0 Å². The van der Waals surface area contributed by atoms with E-state index in [-0.39, 0.29) is 38.5 Å². The molecule has 6 N–H and O–H groups in total. The average Bonchev–Trinajstić information content (AvgIpc) is 2.63. The van der Waals surface area contributed by atoms with Gasteiger partial charge in [-0.3, -0.25) is 19.2 Å². The van der Waals surface area contributed by atoms with Gasteiger partial charge in [-0.05, 0) is 25.7 Å². The molecule has 0 rings (SSSR count). The summed E-state index contributed by atoms with van der Waals surface area (Å²) in [5.74, 6) is -5.94. The smallest absolute Gasteiger partial charge is 0.326 e. The molecule has 0 unspecified atom stereocenters. The Bertz CT molecular complexity index is 580. The van der Waals surface area contributed by atoms with Gasteiger partial charge in [-0.15, -0.1) is 0 Å². The topological polar surface area (TPSA) is 207 Å². The van der Waals surface area contributed by atoms with Gasteiger partial charge < -0.3 is 31.1 Å². The molecular formula is C18H28N2O10. The van der Waals surface area contributed by atoms with Gasteiger partial charge in [0.25, 0.3) is 0 Å². The van der Waals surface area contributed by atoms with E-state index in [1.165, 1.54) is 0 Å². The van der Waals surface area contributed by atoms with Crippen LogP contribution in [0.3, 0.4) is 0 Å². The van der Waals surface area contributed by atoms with Crippen LogP contribution >= 0.6 is 0 Å². The molecule has 0 spiro atoms. The van der Waals surface area contributed by atoms with Gasteiger partial charge in [-0.2, -0.15) is 0 Å². The highest BCUT2D eigenvalue weighted by molar-refractivity contribution is 5.84. The lowest BCUT2D eigenvalue weighted by atomic mass is 10.1. The Morgan fingerprint density at radius 1 is 0.533 bits per heavy atom. The summed E-state index contributed by atoms with van der Waals surface area (Å²) in [4.78, 5) is 66.5. The molecule has 2 amide bonds. The normalized spacial score (nSPS) is 12.4. The standard InChI is InChI=1S/C18H28N2O10/c21-13(19-11(17(27)28)7-9-15(23)24)5-3-1-2-4-6-14(22)20-12(18(29)30)8-10-16(25)26/h11-12H,1-10H2,(H,19,21)(H,20,22)(H,23,24)(H,25,26)(H,27,28)(H,29,30)/t11-,12-/m1/s1. The highest BCUT2D eigenvalue weighted by Crippen LogP contribution is 2.07. The van der Waals surface area contributed by atoms with Crippen LogP contribution in [0, 0.1) is 0 Å². The van der Waals surface area contributed by atoms with Crippen molar-refractivity contribution in [2.45, 2.75) is 76.3 Å². The Hall–Kier alpha value is -3.18. The Labute approximate surface area is 172 Å². The first-order valence-electron chi connectivity index (χ1n) is 9.50. The van der Waals surface area contributed by atoms with Crippen molar-refractivity contribution in [2.24, 2.45) is 0 Å². The molecule has 0 fully saturated rings. The van der Waals surface area contributed by atoms with Crippen LogP contribution in [0.1, 0.15) is 64.2 Å². The molecule has 0 heterocycles. The Morgan fingerprint density at radius 3 is 1.13 bits per heavy atom. The molecular weight excluding hydrogens is 404 g/mol. The zero-order valence-electron chi connectivity index (χ0n) is 16.5. The van der Waals surface area contributed by atoms with Crippen LogP contribution in [-0.2, 0) is 28.8 Å². The molecule has 0 bridgehead atoms. The first-order chi connectivity index (χ1) is 14.0. The number of nitrogens with one attached hydrogen (secondary N) is 2. The summed E-state index contributed by atoms with van der Waals surface area (Å²) in [7, 11) is 0. The summed E-state index contributed by atoms with van der Waals surface area (Å²) in [6.07, 6.45) is 0.966. The third-order valence-corrected chi connectivity index (χ3v) is 4.12. The molecule has 170 valence electrons. The predicted molar refractivity (Wildman–Crippen MR) is 101 cm³/mol. The molecule has 2 atom stereocenters. The second-order valence-corrected chi connectivity index (χ2v) is 6.70. The highest BCUT2D eigenvalue weighted by Gasteiger charge is 2.21.